The Hall–Kier alpha value is -0.0400. The van der Waals surface area contributed by atoms with Gasteiger partial charge in [-0.1, -0.05) is 0 Å². The van der Waals surface area contributed by atoms with Crippen LogP contribution in [0.4, 0.5) is 0 Å². The Kier molecular flexibility index (Phi) is 0.256. The third-order valence-electron chi connectivity index (χ3n) is 0.547. The molecule has 0 spiro atoms. The van der Waals surface area contributed by atoms with Gasteiger partial charge in [-0.25, -0.2) is 0 Å². The number of hydrogen-bond acceptors (Lipinski definition) is 0. The minimum Gasteiger partial charge on any atom is -0.141 e. The normalized spacial score (nSPS) is 26.2. The van der Waals surface area contributed by atoms with Crippen LogP contribution in [0.15, 0.2) is 0 Å². The van der Waals surface area contributed by atoms with E-state index < -0.39 is 0 Å². The molecule has 0 heterocycles. The van der Waals surface area contributed by atoms with E-state index in [1.807, 2.05) is 0 Å². The average molecular weight is 55.1 g/mol. The van der Waals surface area contributed by atoms with E-state index >= 15 is 0 Å². The van der Waals surface area contributed by atoms with E-state index in [0.717, 1.165) is 12.8 Å². The Bertz CT molecular complexity index is 22.5. The summed E-state index contributed by atoms with van der Waals surface area (Å²) in [7, 11) is 0. The van der Waals surface area contributed by atoms with Gasteiger partial charge in [0.1, 0.15) is 0 Å². The van der Waals surface area contributed by atoms with Gasteiger partial charge in [-0.2, -0.15) is 0 Å². The molecule has 1 fully saturated rings. The van der Waals surface area contributed by atoms with E-state index in [9.17, 15) is 0 Å². The predicted octanol–water partition coefficient (Wildman–Crippen LogP) is 0.218. The summed E-state index contributed by atoms with van der Waals surface area (Å²) in [6.07, 6.45) is 2.08. The number of hydrogen-bond donors (Lipinski definition) is 0. The zero-order valence-electron chi connectivity index (χ0n) is 2.44. The van der Waals surface area contributed by atoms with Crippen LogP contribution in [0.25, 0.3) is 0 Å². The maximum absolute atomic E-state index is 8.17. The standard InChI is InChI=1S/C3H5N/c4-3-1-2-3/h3H,1-2H2. The highest BCUT2D eigenvalue weighted by Crippen LogP contribution is 2.15. The fourth-order valence-corrected chi connectivity index (χ4v) is 0.0745. The quantitative estimate of drug-likeness (QED) is 0.378. The van der Waals surface area contributed by atoms with Crippen molar-refractivity contribution in [1.29, 1.82) is 0 Å². The first-order valence-corrected chi connectivity index (χ1v) is 1.57. The fourth-order valence-electron chi connectivity index (χ4n) is 0.0745. The summed E-state index contributed by atoms with van der Waals surface area (Å²) in [6.45, 7) is 0. The van der Waals surface area contributed by atoms with Crippen molar-refractivity contribution >= 4 is 0 Å². The van der Waals surface area contributed by atoms with Crippen LogP contribution < -0.4 is 5.73 Å². The predicted molar refractivity (Wildman–Crippen MR) is 15.2 cm³/mol. The molecular formula is C3H5N. The molecular weight excluding hydrogens is 50.0 g/mol. The second-order valence-corrected chi connectivity index (χ2v) is 1.23. The molecule has 1 aliphatic carbocycles. The maximum Gasteiger partial charge on any atom is 0.0434 e. The van der Waals surface area contributed by atoms with E-state index in [2.05, 4.69) is 0 Å². The first-order valence-electron chi connectivity index (χ1n) is 1.57. The maximum atomic E-state index is 8.17. The zero-order valence-corrected chi connectivity index (χ0v) is 2.44. The molecule has 0 N–H and O–H groups in total. The van der Waals surface area contributed by atoms with Crippen LogP contribution in [0.2, 0.25) is 0 Å². The molecule has 0 bridgehead atoms. The van der Waals surface area contributed by atoms with Gasteiger partial charge in [0, 0.05) is 6.04 Å². The van der Waals surface area contributed by atoms with Gasteiger partial charge in [-0.05, 0) is 12.8 Å². The Morgan fingerprint density at radius 1 is 1.50 bits per heavy atom. The monoisotopic (exact) mass is 55.0 g/mol. The van der Waals surface area contributed by atoms with Crippen molar-refractivity contribution in [2.75, 3.05) is 0 Å². The topological polar surface area (TPSA) is 22.3 Å². The summed E-state index contributed by atoms with van der Waals surface area (Å²) < 4.78 is 0. The van der Waals surface area contributed by atoms with Crippen molar-refractivity contribution in [2.24, 2.45) is 0 Å². The van der Waals surface area contributed by atoms with Gasteiger partial charge < -0.3 is 0 Å². The van der Waals surface area contributed by atoms with Crippen LogP contribution >= 0.6 is 0 Å². The lowest BCUT2D eigenvalue weighted by Crippen LogP contribution is -1.71. The SMILES string of the molecule is [N]C1CC1. The third-order valence-corrected chi connectivity index (χ3v) is 0.547. The van der Waals surface area contributed by atoms with Gasteiger partial charge in [0.15, 0.2) is 0 Å². The molecule has 0 aromatic heterocycles. The lowest BCUT2D eigenvalue weighted by atomic mass is 10.8. The van der Waals surface area contributed by atoms with Crippen LogP contribution in [0.5, 0.6) is 0 Å². The molecule has 1 nitrogen and oxygen atoms in total. The molecule has 0 unspecified atom stereocenters. The molecule has 1 aliphatic rings. The van der Waals surface area contributed by atoms with E-state index in [0.29, 0.717) is 0 Å². The molecule has 22 valence electrons. The molecule has 0 amide bonds. The van der Waals surface area contributed by atoms with E-state index in [4.69, 9.17) is 5.73 Å². The highest BCUT2D eigenvalue weighted by molar-refractivity contribution is 4.74. The number of nitrogens with zero attached hydrogens (tertiary/aromatic N) is 1. The fraction of sp³-hybridized carbons (Fsp3) is 1.00. The summed E-state index contributed by atoms with van der Waals surface area (Å²) in [5, 5.41) is 0. The summed E-state index contributed by atoms with van der Waals surface area (Å²) in [4.78, 5) is 0. The second kappa shape index (κ2) is 0.462. The molecule has 0 atom stereocenters. The van der Waals surface area contributed by atoms with Crippen molar-refractivity contribution in [3.8, 4) is 0 Å². The molecule has 2 radical (unpaired) electrons. The van der Waals surface area contributed by atoms with E-state index in [-0.39, 0.29) is 6.04 Å². The highest BCUT2D eigenvalue weighted by atomic mass is 14.7. The zero-order chi connectivity index (χ0) is 2.99. The van der Waals surface area contributed by atoms with E-state index in [1.165, 1.54) is 0 Å². The van der Waals surface area contributed by atoms with Crippen molar-refractivity contribution < 1.29 is 0 Å². The minimum atomic E-state index is 0.0833. The van der Waals surface area contributed by atoms with Crippen LogP contribution in [0, 0.1) is 0 Å². The smallest absolute Gasteiger partial charge is 0.0434 e. The summed E-state index contributed by atoms with van der Waals surface area (Å²) in [5.74, 6) is 0. The number of rotatable bonds is 0. The molecule has 1 saturated carbocycles. The van der Waals surface area contributed by atoms with Crippen LogP contribution in [0.1, 0.15) is 12.8 Å². The molecule has 0 saturated heterocycles. The van der Waals surface area contributed by atoms with Crippen molar-refractivity contribution in [3.63, 3.8) is 0 Å². The molecule has 0 aromatic carbocycles. The lowest BCUT2D eigenvalue weighted by molar-refractivity contribution is 1.02. The minimum absolute atomic E-state index is 0.0833. The molecule has 4 heavy (non-hydrogen) atoms. The van der Waals surface area contributed by atoms with Crippen molar-refractivity contribution in [3.05, 3.63) is 0 Å². The first-order chi connectivity index (χ1) is 1.89. The Balaban J connectivity index is 2.17. The summed E-state index contributed by atoms with van der Waals surface area (Å²) >= 11 is 0. The Morgan fingerprint density at radius 2 is 1.75 bits per heavy atom. The van der Waals surface area contributed by atoms with Gasteiger partial charge in [0.05, 0.1) is 0 Å². The highest BCUT2D eigenvalue weighted by Gasteiger charge is 2.16. The van der Waals surface area contributed by atoms with Crippen LogP contribution in [0.3, 0.4) is 0 Å². The van der Waals surface area contributed by atoms with Crippen LogP contribution in [-0.4, -0.2) is 6.04 Å². The largest absolute Gasteiger partial charge is 0.141 e. The average Bonchev–Trinajstić information content (AvgIpc) is 1.75. The first kappa shape index (κ1) is 2.21. The van der Waals surface area contributed by atoms with Gasteiger partial charge in [-0.3, -0.25) is 0 Å². The van der Waals surface area contributed by atoms with Gasteiger partial charge >= 0.3 is 0 Å². The van der Waals surface area contributed by atoms with Gasteiger partial charge in [0.2, 0.25) is 0 Å². The van der Waals surface area contributed by atoms with Crippen LogP contribution in [-0.2, 0) is 0 Å². The van der Waals surface area contributed by atoms with Gasteiger partial charge in [-0.15, -0.1) is 5.73 Å². The Labute approximate surface area is 25.8 Å². The third kappa shape index (κ3) is 0.206. The van der Waals surface area contributed by atoms with Crippen molar-refractivity contribution in [2.45, 2.75) is 18.9 Å². The second-order valence-electron chi connectivity index (χ2n) is 1.23. The lowest BCUT2D eigenvalue weighted by Gasteiger charge is -1.50. The molecule has 0 aromatic rings. The Morgan fingerprint density at radius 3 is 1.75 bits per heavy atom. The van der Waals surface area contributed by atoms with Gasteiger partial charge in [0.25, 0.3) is 0 Å². The summed E-state index contributed by atoms with van der Waals surface area (Å²) in [6, 6.07) is 0.0833. The summed E-state index contributed by atoms with van der Waals surface area (Å²) in [5.41, 5.74) is 8.17. The molecule has 0 aliphatic heterocycles. The van der Waals surface area contributed by atoms with Crippen molar-refractivity contribution in [1.82, 2.24) is 5.73 Å². The molecule has 1 rings (SSSR count). The molecule has 1 heteroatoms. The van der Waals surface area contributed by atoms with E-state index in [1.54, 1.807) is 0 Å².